The summed E-state index contributed by atoms with van der Waals surface area (Å²) in [7, 11) is -1.15. The molecular formula is C32H55B2NO4. The molecule has 0 unspecified atom stereocenters. The molecule has 0 saturated carbocycles. The van der Waals surface area contributed by atoms with Gasteiger partial charge in [0.25, 0.3) is 0 Å². The zero-order chi connectivity index (χ0) is 29.8. The Morgan fingerprint density at radius 2 is 0.949 bits per heavy atom. The third-order valence-corrected chi connectivity index (χ3v) is 10.7. The van der Waals surface area contributed by atoms with Crippen LogP contribution in [0, 0.1) is 5.41 Å². The number of hydrogen-bond acceptors (Lipinski definition) is 5. The van der Waals surface area contributed by atoms with Gasteiger partial charge in [0.15, 0.2) is 0 Å². The lowest BCUT2D eigenvalue weighted by Gasteiger charge is -2.52. The minimum absolute atomic E-state index is 0.231. The molecule has 0 amide bonds. The molecule has 0 N–H and O–H groups in total. The number of para-hydroxylation sites is 1. The maximum atomic E-state index is 7.06. The van der Waals surface area contributed by atoms with E-state index >= 15 is 0 Å². The molecule has 0 radical (unpaired) electrons. The Morgan fingerprint density at radius 1 is 0.615 bits per heavy atom. The second kappa shape index (κ2) is 8.99. The molecule has 4 rings (SSSR count). The van der Waals surface area contributed by atoms with Crippen molar-refractivity contribution in [2.24, 2.45) is 5.41 Å². The molecule has 3 heterocycles. The summed E-state index contributed by atoms with van der Waals surface area (Å²) < 4.78 is 28.2. The predicted molar refractivity (Wildman–Crippen MR) is 164 cm³/mol. The van der Waals surface area contributed by atoms with Gasteiger partial charge in [0, 0.05) is 11.2 Å². The highest BCUT2D eigenvalue weighted by molar-refractivity contribution is 6.73. The highest BCUT2D eigenvalue weighted by atomic mass is 16.7. The molecule has 0 atom stereocenters. The second-order valence-electron chi connectivity index (χ2n) is 16.3. The van der Waals surface area contributed by atoms with Crippen LogP contribution in [-0.2, 0) is 18.6 Å². The molecule has 1 aromatic rings. The molecule has 1 aromatic carbocycles. The maximum Gasteiger partial charge on any atom is 0.483 e. The number of hydrogen-bond donors (Lipinski definition) is 0. The standard InChI is InChI=1S/C32H55B2NO4/c1-21(2)23-18-17-19-24(22(3)4)25(23)35-27(7,8)20-26(5,6)32(35,33-36-28(9,10)29(11,12)37-33)34-38-30(13,14)31(15,16)39-34/h17-19,21-22H,20H2,1-16H3. The van der Waals surface area contributed by atoms with Gasteiger partial charge in [-0.05, 0) is 104 Å². The molecule has 5 nitrogen and oxygen atoms in total. The molecule has 3 aliphatic rings. The summed E-state index contributed by atoms with van der Waals surface area (Å²) >= 11 is 0. The van der Waals surface area contributed by atoms with Crippen molar-refractivity contribution >= 4 is 19.9 Å². The number of anilines is 1. The van der Waals surface area contributed by atoms with Gasteiger partial charge >= 0.3 is 14.2 Å². The summed E-state index contributed by atoms with van der Waals surface area (Å²) in [5, 5.41) is -0.777. The Bertz CT molecular complexity index is 1010. The van der Waals surface area contributed by atoms with Crippen molar-refractivity contribution in [2.75, 3.05) is 4.90 Å². The lowest BCUT2D eigenvalue weighted by atomic mass is 9.36. The lowest BCUT2D eigenvalue weighted by molar-refractivity contribution is 0.00578. The van der Waals surface area contributed by atoms with Crippen LogP contribution in [0.2, 0.25) is 0 Å². The van der Waals surface area contributed by atoms with Crippen LogP contribution in [0.15, 0.2) is 18.2 Å². The molecule has 3 saturated heterocycles. The van der Waals surface area contributed by atoms with E-state index in [4.69, 9.17) is 18.6 Å². The largest absolute Gasteiger partial charge is 0.483 e. The van der Waals surface area contributed by atoms with E-state index in [1.165, 1.54) is 16.8 Å². The smallest absolute Gasteiger partial charge is 0.402 e. The Labute approximate surface area is 240 Å². The van der Waals surface area contributed by atoms with Crippen molar-refractivity contribution in [1.29, 1.82) is 0 Å². The summed E-state index contributed by atoms with van der Waals surface area (Å²) in [4.78, 5) is 2.65. The van der Waals surface area contributed by atoms with Crippen LogP contribution in [0.25, 0.3) is 0 Å². The second-order valence-corrected chi connectivity index (χ2v) is 16.3. The van der Waals surface area contributed by atoms with E-state index in [0.29, 0.717) is 11.8 Å². The Kier molecular flexibility index (Phi) is 7.13. The van der Waals surface area contributed by atoms with Crippen molar-refractivity contribution in [1.82, 2.24) is 0 Å². The van der Waals surface area contributed by atoms with Crippen LogP contribution in [0.3, 0.4) is 0 Å². The van der Waals surface area contributed by atoms with Crippen LogP contribution < -0.4 is 4.90 Å². The maximum absolute atomic E-state index is 7.06. The van der Waals surface area contributed by atoms with Crippen LogP contribution >= 0.6 is 0 Å². The van der Waals surface area contributed by atoms with Gasteiger partial charge in [-0.1, -0.05) is 59.7 Å². The van der Waals surface area contributed by atoms with Gasteiger partial charge < -0.3 is 23.5 Å². The summed E-state index contributed by atoms with van der Waals surface area (Å²) in [6, 6.07) is 6.81. The van der Waals surface area contributed by atoms with E-state index in [-0.39, 0.29) is 11.0 Å². The topological polar surface area (TPSA) is 40.2 Å². The van der Waals surface area contributed by atoms with E-state index in [9.17, 15) is 0 Å². The molecule has 39 heavy (non-hydrogen) atoms. The fourth-order valence-electron chi connectivity index (χ4n) is 7.37. The molecule has 218 valence electrons. The van der Waals surface area contributed by atoms with E-state index in [1.807, 2.05) is 0 Å². The van der Waals surface area contributed by atoms with Gasteiger partial charge in [-0.3, -0.25) is 0 Å². The van der Waals surface area contributed by atoms with Crippen molar-refractivity contribution in [3.05, 3.63) is 29.3 Å². The van der Waals surface area contributed by atoms with Crippen LogP contribution in [0.4, 0.5) is 5.69 Å². The first-order valence-corrected chi connectivity index (χ1v) is 15.1. The first-order valence-electron chi connectivity index (χ1n) is 15.1. The number of rotatable bonds is 5. The molecule has 3 aliphatic heterocycles. The van der Waals surface area contributed by atoms with Gasteiger partial charge in [0.05, 0.1) is 22.4 Å². The molecule has 0 spiro atoms. The highest BCUT2D eigenvalue weighted by Crippen LogP contribution is 2.63. The average molecular weight is 539 g/mol. The van der Waals surface area contributed by atoms with E-state index in [2.05, 4.69) is 134 Å². The first-order chi connectivity index (χ1) is 17.5. The van der Waals surface area contributed by atoms with Gasteiger partial charge in [0.2, 0.25) is 0 Å². The predicted octanol–water partition coefficient (Wildman–Crippen LogP) is 7.95. The number of nitrogens with zero attached hydrogens (tertiary/aromatic N) is 1. The third kappa shape index (κ3) is 4.35. The Hall–Kier alpha value is -1.01. The van der Waals surface area contributed by atoms with Crippen LogP contribution in [0.5, 0.6) is 0 Å². The highest BCUT2D eigenvalue weighted by Gasteiger charge is 2.80. The van der Waals surface area contributed by atoms with Gasteiger partial charge in [-0.15, -0.1) is 0 Å². The SMILES string of the molecule is CC(C)c1cccc(C(C)C)c1N1C(C)(C)CC(C)(C)C1(B1OC(C)(C)C(C)(C)O1)B1OC(C)(C)C(C)(C)O1. The molecule has 7 heteroatoms. The average Bonchev–Trinajstić information content (AvgIpc) is 3.16. The summed E-state index contributed by atoms with van der Waals surface area (Å²) in [5.74, 6) is 0.681. The molecular weight excluding hydrogens is 484 g/mol. The summed E-state index contributed by atoms with van der Waals surface area (Å²) in [5.41, 5.74) is 1.43. The van der Waals surface area contributed by atoms with Crippen molar-refractivity contribution in [2.45, 2.75) is 162 Å². The van der Waals surface area contributed by atoms with Gasteiger partial charge in [-0.2, -0.15) is 0 Å². The third-order valence-electron chi connectivity index (χ3n) is 10.7. The van der Waals surface area contributed by atoms with E-state index < -0.39 is 42.0 Å². The van der Waals surface area contributed by atoms with Gasteiger partial charge in [0.1, 0.15) is 5.34 Å². The zero-order valence-corrected chi connectivity index (χ0v) is 27.8. The van der Waals surface area contributed by atoms with E-state index in [1.54, 1.807) is 0 Å². The molecule has 0 aliphatic carbocycles. The van der Waals surface area contributed by atoms with Crippen molar-refractivity contribution < 1.29 is 18.6 Å². The summed E-state index contributed by atoms with van der Waals surface area (Å²) in [6.45, 7) is 35.8. The zero-order valence-electron chi connectivity index (χ0n) is 27.8. The van der Waals surface area contributed by atoms with Gasteiger partial charge in [-0.25, -0.2) is 0 Å². The van der Waals surface area contributed by atoms with Crippen molar-refractivity contribution in [3.63, 3.8) is 0 Å². The molecule has 0 aromatic heterocycles. The Balaban J connectivity index is 2.13. The number of benzene rings is 1. The van der Waals surface area contributed by atoms with Crippen molar-refractivity contribution in [3.8, 4) is 0 Å². The lowest BCUT2D eigenvalue weighted by Crippen LogP contribution is -2.75. The first kappa shape index (κ1) is 30.9. The fraction of sp³-hybridized carbons (Fsp3) is 0.812. The van der Waals surface area contributed by atoms with Crippen LogP contribution in [-0.4, -0.2) is 47.5 Å². The molecule has 0 bridgehead atoms. The van der Waals surface area contributed by atoms with Crippen LogP contribution in [0.1, 0.15) is 140 Å². The van der Waals surface area contributed by atoms with E-state index in [0.717, 1.165) is 6.42 Å². The summed E-state index contributed by atoms with van der Waals surface area (Å²) in [6.07, 6.45) is 0.929. The minimum Gasteiger partial charge on any atom is -0.402 e. The normalized spacial score (nSPS) is 27.7. The quantitative estimate of drug-likeness (QED) is 0.355. The molecule has 3 fully saturated rings. The Morgan fingerprint density at radius 3 is 1.26 bits per heavy atom. The minimum atomic E-state index is -0.777. The fourth-order valence-corrected chi connectivity index (χ4v) is 7.37. The monoisotopic (exact) mass is 539 g/mol.